The Hall–Kier alpha value is -2.17. The lowest BCUT2D eigenvalue weighted by Gasteiger charge is -2.24. The van der Waals surface area contributed by atoms with Gasteiger partial charge in [-0.05, 0) is 18.6 Å². The Balaban J connectivity index is 1.67. The summed E-state index contributed by atoms with van der Waals surface area (Å²) >= 11 is 0. The third kappa shape index (κ3) is 2.11. The Morgan fingerprint density at radius 3 is 3.00 bits per heavy atom. The predicted octanol–water partition coefficient (Wildman–Crippen LogP) is 1.02. The zero-order valence-electron chi connectivity index (χ0n) is 9.91. The fraction of sp³-hybridized carbons (Fsp3) is 0.308. The maximum atomic E-state index is 12.0. The van der Waals surface area contributed by atoms with E-state index in [0.717, 1.165) is 25.2 Å². The number of amides is 1. The van der Waals surface area contributed by atoms with Gasteiger partial charge in [0.1, 0.15) is 5.82 Å². The van der Waals surface area contributed by atoms with Crippen molar-refractivity contribution in [1.82, 2.24) is 19.9 Å². The van der Waals surface area contributed by atoms with Crippen molar-refractivity contribution in [2.75, 3.05) is 0 Å². The van der Waals surface area contributed by atoms with E-state index in [1.165, 1.54) is 0 Å². The smallest absolute Gasteiger partial charge is 0.251 e. The average molecular weight is 242 g/mol. The summed E-state index contributed by atoms with van der Waals surface area (Å²) in [6.07, 6.45) is 8.87. The molecule has 0 saturated carbocycles. The molecule has 2 aromatic heterocycles. The van der Waals surface area contributed by atoms with Crippen molar-refractivity contribution in [3.05, 3.63) is 48.3 Å². The second-order valence-electron chi connectivity index (χ2n) is 4.44. The van der Waals surface area contributed by atoms with Gasteiger partial charge in [0.2, 0.25) is 0 Å². The molecule has 0 fully saturated rings. The van der Waals surface area contributed by atoms with E-state index in [2.05, 4.69) is 19.9 Å². The fourth-order valence-corrected chi connectivity index (χ4v) is 2.26. The molecule has 18 heavy (non-hydrogen) atoms. The third-order valence-electron chi connectivity index (χ3n) is 3.21. The molecule has 1 N–H and O–H groups in total. The average Bonchev–Trinajstić information content (AvgIpc) is 2.87. The standard InChI is InChI=1S/C13H14N4O/c18-13(10-3-5-14-6-4-10)16-11-1-2-12-15-7-8-17(12)9-11/h3-8,11H,1-2,9H2,(H,16,18)/t11-/m0/s1. The van der Waals surface area contributed by atoms with Gasteiger partial charge in [-0.15, -0.1) is 0 Å². The van der Waals surface area contributed by atoms with E-state index in [0.29, 0.717) is 5.56 Å². The van der Waals surface area contributed by atoms with Crippen molar-refractivity contribution in [2.24, 2.45) is 0 Å². The fourth-order valence-electron chi connectivity index (χ4n) is 2.26. The lowest BCUT2D eigenvalue weighted by Crippen LogP contribution is -2.40. The minimum absolute atomic E-state index is 0.0361. The molecular formula is C13H14N4O. The van der Waals surface area contributed by atoms with Crippen LogP contribution in [-0.2, 0) is 13.0 Å². The number of imidazole rings is 1. The van der Waals surface area contributed by atoms with E-state index >= 15 is 0 Å². The molecular weight excluding hydrogens is 228 g/mol. The van der Waals surface area contributed by atoms with Gasteiger partial charge in [-0.25, -0.2) is 4.98 Å². The zero-order valence-corrected chi connectivity index (χ0v) is 9.91. The Morgan fingerprint density at radius 2 is 2.17 bits per heavy atom. The van der Waals surface area contributed by atoms with Crippen LogP contribution in [0.4, 0.5) is 0 Å². The van der Waals surface area contributed by atoms with E-state index in [-0.39, 0.29) is 11.9 Å². The molecule has 0 unspecified atom stereocenters. The maximum Gasteiger partial charge on any atom is 0.251 e. The number of carbonyl (C=O) groups excluding carboxylic acids is 1. The molecule has 0 aromatic carbocycles. The highest BCUT2D eigenvalue weighted by Gasteiger charge is 2.20. The number of carbonyl (C=O) groups is 1. The monoisotopic (exact) mass is 242 g/mol. The molecule has 1 aliphatic heterocycles. The number of hydrogen-bond acceptors (Lipinski definition) is 3. The second-order valence-corrected chi connectivity index (χ2v) is 4.44. The number of aromatic nitrogens is 3. The van der Waals surface area contributed by atoms with Crippen LogP contribution in [0.15, 0.2) is 36.9 Å². The molecule has 2 aromatic rings. The molecule has 0 bridgehead atoms. The van der Waals surface area contributed by atoms with Crippen molar-refractivity contribution in [1.29, 1.82) is 0 Å². The second kappa shape index (κ2) is 4.60. The Kier molecular flexibility index (Phi) is 2.80. The van der Waals surface area contributed by atoms with Gasteiger partial charge < -0.3 is 9.88 Å². The molecule has 5 nitrogen and oxygen atoms in total. The van der Waals surface area contributed by atoms with Crippen LogP contribution >= 0.6 is 0 Å². The van der Waals surface area contributed by atoms with Crippen LogP contribution in [0.1, 0.15) is 22.6 Å². The van der Waals surface area contributed by atoms with Crippen LogP contribution in [0.2, 0.25) is 0 Å². The van der Waals surface area contributed by atoms with E-state index in [9.17, 15) is 4.79 Å². The van der Waals surface area contributed by atoms with Crippen LogP contribution in [0.25, 0.3) is 0 Å². The first kappa shape index (κ1) is 11.0. The summed E-state index contributed by atoms with van der Waals surface area (Å²) in [5.74, 6) is 1.07. The lowest BCUT2D eigenvalue weighted by molar-refractivity contribution is 0.0927. The predicted molar refractivity (Wildman–Crippen MR) is 66.0 cm³/mol. The van der Waals surface area contributed by atoms with E-state index in [4.69, 9.17) is 0 Å². The summed E-state index contributed by atoms with van der Waals surface area (Å²) < 4.78 is 2.10. The molecule has 1 aliphatic rings. The molecule has 92 valence electrons. The third-order valence-corrected chi connectivity index (χ3v) is 3.21. The van der Waals surface area contributed by atoms with E-state index in [1.54, 1.807) is 24.5 Å². The molecule has 1 amide bonds. The number of nitrogens with zero attached hydrogens (tertiary/aromatic N) is 3. The quantitative estimate of drug-likeness (QED) is 0.855. The minimum Gasteiger partial charge on any atom is -0.347 e. The largest absolute Gasteiger partial charge is 0.347 e. The van der Waals surface area contributed by atoms with Gasteiger partial charge in [0.25, 0.3) is 5.91 Å². The first-order valence-electron chi connectivity index (χ1n) is 6.04. The summed E-state index contributed by atoms with van der Waals surface area (Å²) in [5.41, 5.74) is 0.654. The van der Waals surface area contributed by atoms with Crippen molar-refractivity contribution >= 4 is 5.91 Å². The van der Waals surface area contributed by atoms with Crippen LogP contribution < -0.4 is 5.32 Å². The van der Waals surface area contributed by atoms with Gasteiger partial charge in [-0.3, -0.25) is 9.78 Å². The van der Waals surface area contributed by atoms with E-state index in [1.807, 2.05) is 12.4 Å². The van der Waals surface area contributed by atoms with Gasteiger partial charge in [0, 0.05) is 49.4 Å². The highest BCUT2D eigenvalue weighted by atomic mass is 16.1. The number of rotatable bonds is 2. The van der Waals surface area contributed by atoms with Gasteiger partial charge in [-0.1, -0.05) is 0 Å². The molecule has 3 heterocycles. The summed E-state index contributed by atoms with van der Waals surface area (Å²) in [6.45, 7) is 0.798. The van der Waals surface area contributed by atoms with Gasteiger partial charge in [-0.2, -0.15) is 0 Å². The number of pyridine rings is 1. The van der Waals surface area contributed by atoms with Crippen LogP contribution in [-0.4, -0.2) is 26.5 Å². The Labute approximate surface area is 105 Å². The SMILES string of the molecule is O=C(N[C@H]1CCc2nccn2C1)c1ccncc1. The van der Waals surface area contributed by atoms with Crippen molar-refractivity contribution in [2.45, 2.75) is 25.4 Å². The topological polar surface area (TPSA) is 59.8 Å². The van der Waals surface area contributed by atoms with Crippen molar-refractivity contribution in [3.63, 3.8) is 0 Å². The zero-order chi connectivity index (χ0) is 12.4. The number of nitrogens with one attached hydrogen (secondary N) is 1. The number of fused-ring (bicyclic) bond motifs is 1. The molecule has 0 spiro atoms. The first-order chi connectivity index (χ1) is 8.83. The molecule has 3 rings (SSSR count). The van der Waals surface area contributed by atoms with E-state index < -0.39 is 0 Å². The van der Waals surface area contributed by atoms with Gasteiger partial charge in [0.05, 0.1) is 0 Å². The summed E-state index contributed by atoms with van der Waals surface area (Å²) in [7, 11) is 0. The number of aryl methyl sites for hydroxylation is 1. The molecule has 0 radical (unpaired) electrons. The summed E-state index contributed by atoms with van der Waals surface area (Å²) in [4.78, 5) is 20.2. The highest BCUT2D eigenvalue weighted by molar-refractivity contribution is 5.94. The van der Waals surface area contributed by atoms with Crippen LogP contribution in [0.3, 0.4) is 0 Å². The molecule has 1 atom stereocenters. The first-order valence-corrected chi connectivity index (χ1v) is 6.04. The van der Waals surface area contributed by atoms with Crippen molar-refractivity contribution < 1.29 is 4.79 Å². The molecule has 0 saturated heterocycles. The summed E-state index contributed by atoms with van der Waals surface area (Å²) in [6, 6.07) is 3.62. The van der Waals surface area contributed by atoms with Gasteiger partial charge in [0.15, 0.2) is 0 Å². The lowest BCUT2D eigenvalue weighted by atomic mass is 10.1. The molecule has 5 heteroatoms. The highest BCUT2D eigenvalue weighted by Crippen LogP contribution is 2.13. The van der Waals surface area contributed by atoms with Crippen LogP contribution in [0, 0.1) is 0 Å². The normalized spacial score (nSPS) is 18.1. The van der Waals surface area contributed by atoms with Crippen LogP contribution in [0.5, 0.6) is 0 Å². The number of hydrogen-bond donors (Lipinski definition) is 1. The Bertz CT molecular complexity index is 549. The molecule has 0 aliphatic carbocycles. The minimum atomic E-state index is -0.0361. The maximum absolute atomic E-state index is 12.0. The van der Waals surface area contributed by atoms with Gasteiger partial charge >= 0.3 is 0 Å². The van der Waals surface area contributed by atoms with Crippen molar-refractivity contribution in [3.8, 4) is 0 Å². The summed E-state index contributed by atoms with van der Waals surface area (Å²) in [5, 5.41) is 3.05. The Morgan fingerprint density at radius 1 is 1.33 bits per heavy atom.